The number of fused-ring (bicyclic) bond motifs is 3. The maximum Gasteiger partial charge on any atom is 0.270 e. The Labute approximate surface area is 189 Å². The molecule has 2 heterocycles. The van der Waals surface area contributed by atoms with E-state index in [4.69, 9.17) is 9.15 Å². The molecule has 168 valence electrons. The summed E-state index contributed by atoms with van der Waals surface area (Å²) in [5.41, 5.74) is 2.62. The molecule has 0 atom stereocenters. The zero-order chi connectivity index (χ0) is 22.9. The third kappa shape index (κ3) is 3.84. The molecule has 0 saturated carbocycles. The highest BCUT2D eigenvalue weighted by Gasteiger charge is 2.23. The number of nitro benzene ring substituents is 1. The van der Waals surface area contributed by atoms with Crippen LogP contribution < -0.4 is 15.0 Å². The lowest BCUT2D eigenvalue weighted by molar-refractivity contribution is -0.384. The van der Waals surface area contributed by atoms with Crippen LogP contribution in [0.3, 0.4) is 0 Å². The first-order chi connectivity index (χ1) is 16.0. The molecule has 4 aromatic rings. The molecule has 0 spiro atoms. The van der Waals surface area contributed by atoms with Gasteiger partial charge in [0.25, 0.3) is 11.6 Å². The SMILES string of the molecule is COc1cc2c(cc1NC(=O)c1cc([N+](=O)[O-])ccc1N1CCCCC1)oc1ccccc12. The molecule has 5 rings (SSSR count). The molecule has 1 aliphatic rings. The van der Waals surface area contributed by atoms with Gasteiger partial charge in [-0.05, 0) is 37.5 Å². The third-order valence-corrected chi connectivity index (χ3v) is 6.08. The summed E-state index contributed by atoms with van der Waals surface area (Å²) in [4.78, 5) is 26.4. The highest BCUT2D eigenvalue weighted by Crippen LogP contribution is 2.37. The van der Waals surface area contributed by atoms with E-state index >= 15 is 0 Å². The Morgan fingerprint density at radius 1 is 1.03 bits per heavy atom. The van der Waals surface area contributed by atoms with Crippen molar-refractivity contribution in [1.82, 2.24) is 0 Å². The van der Waals surface area contributed by atoms with E-state index in [-0.39, 0.29) is 11.3 Å². The summed E-state index contributed by atoms with van der Waals surface area (Å²) >= 11 is 0. The van der Waals surface area contributed by atoms with Gasteiger partial charge in [-0.25, -0.2) is 0 Å². The summed E-state index contributed by atoms with van der Waals surface area (Å²) in [6, 6.07) is 15.7. The minimum absolute atomic E-state index is 0.124. The number of carbonyl (C=O) groups is 1. The lowest BCUT2D eigenvalue weighted by Gasteiger charge is -2.30. The van der Waals surface area contributed by atoms with Crippen LogP contribution in [0.2, 0.25) is 0 Å². The van der Waals surface area contributed by atoms with Crippen LogP contribution in [-0.4, -0.2) is 31.0 Å². The molecule has 1 saturated heterocycles. The minimum Gasteiger partial charge on any atom is -0.495 e. The Morgan fingerprint density at radius 2 is 1.82 bits per heavy atom. The second-order valence-corrected chi connectivity index (χ2v) is 8.11. The molecule has 3 aromatic carbocycles. The second kappa shape index (κ2) is 8.46. The largest absolute Gasteiger partial charge is 0.495 e. The fraction of sp³-hybridized carbons (Fsp3) is 0.240. The van der Waals surface area contributed by atoms with E-state index in [1.807, 2.05) is 30.3 Å². The average molecular weight is 445 g/mol. The number of anilines is 2. The number of ether oxygens (including phenoxy) is 1. The maximum atomic E-state index is 13.4. The molecule has 1 aromatic heterocycles. The molecular weight excluding hydrogens is 422 g/mol. The molecule has 0 aliphatic carbocycles. The average Bonchev–Trinajstić information content (AvgIpc) is 3.21. The summed E-state index contributed by atoms with van der Waals surface area (Å²) in [6.07, 6.45) is 3.18. The highest BCUT2D eigenvalue weighted by molar-refractivity contribution is 6.12. The maximum absolute atomic E-state index is 13.4. The number of benzene rings is 3. The summed E-state index contributed by atoms with van der Waals surface area (Å²) < 4.78 is 11.5. The Bertz CT molecular complexity index is 1370. The lowest BCUT2D eigenvalue weighted by Crippen LogP contribution is -2.31. The summed E-state index contributed by atoms with van der Waals surface area (Å²) in [5.74, 6) is 0.0420. The topological polar surface area (TPSA) is 97.8 Å². The van der Waals surface area contributed by atoms with Gasteiger partial charge < -0.3 is 19.4 Å². The van der Waals surface area contributed by atoms with E-state index in [9.17, 15) is 14.9 Å². The quantitative estimate of drug-likeness (QED) is 0.310. The van der Waals surface area contributed by atoms with Crippen LogP contribution in [0, 0.1) is 10.1 Å². The predicted octanol–water partition coefficient (Wildman–Crippen LogP) is 5.75. The highest BCUT2D eigenvalue weighted by atomic mass is 16.6. The number of furan rings is 1. The number of hydrogen-bond donors (Lipinski definition) is 1. The monoisotopic (exact) mass is 445 g/mol. The van der Waals surface area contributed by atoms with Gasteiger partial charge in [0.05, 0.1) is 29.0 Å². The van der Waals surface area contributed by atoms with Gasteiger partial charge in [0.2, 0.25) is 0 Å². The number of methoxy groups -OCH3 is 1. The molecule has 1 amide bonds. The van der Waals surface area contributed by atoms with Crippen molar-refractivity contribution in [3.05, 3.63) is 70.3 Å². The van der Waals surface area contributed by atoms with Gasteiger partial charge >= 0.3 is 0 Å². The molecule has 1 fully saturated rings. The van der Waals surface area contributed by atoms with Crippen LogP contribution in [0.1, 0.15) is 29.6 Å². The van der Waals surface area contributed by atoms with E-state index in [2.05, 4.69) is 10.2 Å². The van der Waals surface area contributed by atoms with Crippen molar-refractivity contribution < 1.29 is 18.9 Å². The number of nitrogens with one attached hydrogen (secondary N) is 1. The van der Waals surface area contributed by atoms with Gasteiger partial charge in [0.15, 0.2) is 0 Å². The van der Waals surface area contributed by atoms with Crippen molar-refractivity contribution in [2.75, 3.05) is 30.4 Å². The normalized spacial score (nSPS) is 13.9. The first kappa shape index (κ1) is 20.8. The number of carbonyl (C=O) groups excluding carboxylic acids is 1. The van der Waals surface area contributed by atoms with Crippen LogP contribution in [0.25, 0.3) is 21.9 Å². The molecule has 0 bridgehead atoms. The first-order valence-electron chi connectivity index (χ1n) is 10.9. The molecule has 33 heavy (non-hydrogen) atoms. The number of para-hydroxylation sites is 1. The first-order valence-corrected chi connectivity index (χ1v) is 10.9. The molecule has 0 unspecified atom stereocenters. The number of nitrogens with zero attached hydrogens (tertiary/aromatic N) is 2. The Morgan fingerprint density at radius 3 is 2.58 bits per heavy atom. The number of rotatable bonds is 5. The van der Waals surface area contributed by atoms with Crippen molar-refractivity contribution in [1.29, 1.82) is 0 Å². The second-order valence-electron chi connectivity index (χ2n) is 8.11. The predicted molar refractivity (Wildman–Crippen MR) is 127 cm³/mol. The van der Waals surface area contributed by atoms with Crippen molar-refractivity contribution in [2.45, 2.75) is 19.3 Å². The van der Waals surface area contributed by atoms with E-state index in [1.54, 1.807) is 12.1 Å². The third-order valence-electron chi connectivity index (χ3n) is 6.08. The summed E-state index contributed by atoms with van der Waals surface area (Å²) in [7, 11) is 1.53. The number of amides is 1. The van der Waals surface area contributed by atoms with Crippen molar-refractivity contribution in [3.8, 4) is 5.75 Å². The van der Waals surface area contributed by atoms with Gasteiger partial charge in [-0.3, -0.25) is 14.9 Å². The van der Waals surface area contributed by atoms with E-state index in [0.717, 1.165) is 48.7 Å². The van der Waals surface area contributed by atoms with Crippen LogP contribution in [0.5, 0.6) is 5.75 Å². The Hall–Kier alpha value is -4.07. The fourth-order valence-corrected chi connectivity index (χ4v) is 4.44. The van der Waals surface area contributed by atoms with E-state index < -0.39 is 10.8 Å². The molecule has 1 N–H and O–H groups in total. The minimum atomic E-state index is -0.488. The standard InChI is InChI=1S/C25H23N3O5/c1-32-24-14-18-17-7-3-4-8-22(17)33-23(18)15-20(24)26-25(29)19-13-16(28(30)31)9-10-21(19)27-11-5-2-6-12-27/h3-4,7-10,13-15H,2,5-6,11-12H2,1H3,(H,26,29). The van der Waals surface area contributed by atoms with Crippen molar-refractivity contribution in [2.24, 2.45) is 0 Å². The van der Waals surface area contributed by atoms with Gasteiger partial charge in [-0.2, -0.15) is 0 Å². The number of piperidine rings is 1. The van der Waals surface area contributed by atoms with Gasteiger partial charge in [0.1, 0.15) is 16.9 Å². The van der Waals surface area contributed by atoms with Gasteiger partial charge in [-0.15, -0.1) is 0 Å². The van der Waals surface area contributed by atoms with Crippen molar-refractivity contribution in [3.63, 3.8) is 0 Å². The zero-order valence-corrected chi connectivity index (χ0v) is 18.2. The summed E-state index contributed by atoms with van der Waals surface area (Å²) in [6.45, 7) is 1.62. The van der Waals surface area contributed by atoms with Crippen LogP contribution in [-0.2, 0) is 0 Å². The molecule has 8 nitrogen and oxygen atoms in total. The number of non-ortho nitro benzene ring substituents is 1. The molecule has 8 heteroatoms. The van der Waals surface area contributed by atoms with Crippen LogP contribution >= 0.6 is 0 Å². The zero-order valence-electron chi connectivity index (χ0n) is 18.2. The molecular formula is C25H23N3O5. The van der Waals surface area contributed by atoms with Gasteiger partial charge in [-0.1, -0.05) is 18.2 Å². The lowest BCUT2D eigenvalue weighted by atomic mass is 10.1. The van der Waals surface area contributed by atoms with Crippen molar-refractivity contribution >= 4 is 44.9 Å². The number of nitro groups is 1. The Kier molecular flexibility index (Phi) is 5.34. The fourth-order valence-electron chi connectivity index (χ4n) is 4.44. The van der Waals surface area contributed by atoms with E-state index in [0.29, 0.717) is 22.7 Å². The van der Waals surface area contributed by atoms with E-state index in [1.165, 1.54) is 19.2 Å². The Balaban J connectivity index is 1.55. The van der Waals surface area contributed by atoms with Crippen LogP contribution in [0.4, 0.5) is 17.1 Å². The van der Waals surface area contributed by atoms with Gasteiger partial charge in [0, 0.05) is 42.1 Å². The number of hydrogen-bond acceptors (Lipinski definition) is 6. The smallest absolute Gasteiger partial charge is 0.270 e. The summed E-state index contributed by atoms with van der Waals surface area (Å²) in [5, 5.41) is 16.1. The molecule has 0 radical (unpaired) electrons. The molecule has 1 aliphatic heterocycles. The van der Waals surface area contributed by atoms with Crippen LogP contribution in [0.15, 0.2) is 59.0 Å².